The smallest absolute Gasteiger partial charge is 0.225 e. The van der Waals surface area contributed by atoms with Gasteiger partial charge < -0.3 is 10.4 Å². The molecule has 18 heavy (non-hydrogen) atoms. The van der Waals surface area contributed by atoms with Crippen LogP contribution in [-0.2, 0) is 11.2 Å². The normalized spacial score (nSPS) is 13.1. The molecule has 0 fully saturated rings. The van der Waals surface area contributed by atoms with E-state index in [0.29, 0.717) is 6.42 Å². The maximum Gasteiger partial charge on any atom is 0.225 e. The van der Waals surface area contributed by atoms with Gasteiger partial charge >= 0.3 is 0 Å². The first kappa shape index (κ1) is 14.7. The predicted octanol–water partition coefficient (Wildman–Crippen LogP) is 2.14. The molecule has 1 aromatic rings. The zero-order chi connectivity index (χ0) is 13.6. The van der Waals surface area contributed by atoms with Crippen LogP contribution >= 0.6 is 0 Å². The molecule has 1 rings (SSSR count). The van der Waals surface area contributed by atoms with E-state index in [1.165, 1.54) is 0 Å². The highest BCUT2D eigenvalue weighted by Gasteiger charge is 2.27. The maximum absolute atomic E-state index is 12.0. The number of hydrogen-bond acceptors (Lipinski definition) is 2. The molecule has 100 valence electrons. The molecule has 2 N–H and O–H groups in total. The topological polar surface area (TPSA) is 49.3 Å². The van der Waals surface area contributed by atoms with E-state index in [9.17, 15) is 9.90 Å². The van der Waals surface area contributed by atoms with E-state index in [1.807, 2.05) is 51.1 Å². The lowest BCUT2D eigenvalue weighted by molar-refractivity contribution is -0.130. The van der Waals surface area contributed by atoms with Crippen LogP contribution in [0.4, 0.5) is 0 Å². The third-order valence-electron chi connectivity index (χ3n) is 3.38. The van der Waals surface area contributed by atoms with Crippen LogP contribution < -0.4 is 5.32 Å². The van der Waals surface area contributed by atoms with Crippen molar-refractivity contribution in [3.63, 3.8) is 0 Å². The van der Waals surface area contributed by atoms with Crippen LogP contribution in [0.1, 0.15) is 32.8 Å². The van der Waals surface area contributed by atoms with Crippen LogP contribution in [0.2, 0.25) is 0 Å². The Morgan fingerprint density at radius 1 is 1.33 bits per heavy atom. The predicted molar refractivity (Wildman–Crippen MR) is 73.2 cm³/mol. The summed E-state index contributed by atoms with van der Waals surface area (Å²) in [5.74, 6) is -0.0000175. The van der Waals surface area contributed by atoms with Crippen LogP contribution in [0.25, 0.3) is 0 Å². The Balaban J connectivity index is 2.60. The molecule has 0 aliphatic rings. The molecule has 3 nitrogen and oxygen atoms in total. The molecule has 1 aromatic carbocycles. The van der Waals surface area contributed by atoms with Crippen molar-refractivity contribution in [3.05, 3.63) is 35.9 Å². The minimum Gasteiger partial charge on any atom is -0.394 e. The fourth-order valence-corrected chi connectivity index (χ4v) is 1.60. The minimum atomic E-state index is -0.385. The Hall–Kier alpha value is -1.35. The summed E-state index contributed by atoms with van der Waals surface area (Å²) in [5.41, 5.74) is 0.732. The van der Waals surface area contributed by atoms with E-state index < -0.39 is 0 Å². The molecule has 0 aromatic heterocycles. The monoisotopic (exact) mass is 249 g/mol. The number of carbonyl (C=O) groups excluding carboxylic acids is 1. The van der Waals surface area contributed by atoms with E-state index >= 15 is 0 Å². The first-order valence-corrected chi connectivity index (χ1v) is 6.45. The Morgan fingerprint density at radius 2 is 1.94 bits per heavy atom. The summed E-state index contributed by atoms with van der Waals surface area (Å²) in [5, 5.41) is 12.3. The van der Waals surface area contributed by atoms with Gasteiger partial charge in [-0.3, -0.25) is 4.79 Å². The molecule has 0 spiro atoms. The number of nitrogens with one attached hydrogen (secondary N) is 1. The van der Waals surface area contributed by atoms with Gasteiger partial charge in [-0.1, -0.05) is 51.1 Å². The van der Waals surface area contributed by atoms with Gasteiger partial charge in [-0.15, -0.1) is 0 Å². The SMILES string of the molecule is CCC(C)(C)C(=O)N[C@H](CO)Cc1ccccc1. The van der Waals surface area contributed by atoms with Crippen LogP contribution in [0.3, 0.4) is 0 Å². The van der Waals surface area contributed by atoms with Gasteiger partial charge in [0.2, 0.25) is 5.91 Å². The van der Waals surface area contributed by atoms with Crippen molar-refractivity contribution in [1.29, 1.82) is 0 Å². The lowest BCUT2D eigenvalue weighted by atomic mass is 9.88. The van der Waals surface area contributed by atoms with Gasteiger partial charge in [-0.05, 0) is 18.4 Å². The van der Waals surface area contributed by atoms with Crippen molar-refractivity contribution in [2.75, 3.05) is 6.61 Å². The van der Waals surface area contributed by atoms with E-state index in [0.717, 1.165) is 12.0 Å². The van der Waals surface area contributed by atoms with Crippen molar-refractivity contribution < 1.29 is 9.90 Å². The number of hydrogen-bond donors (Lipinski definition) is 2. The molecule has 3 heteroatoms. The zero-order valence-electron chi connectivity index (χ0n) is 11.4. The summed E-state index contributed by atoms with van der Waals surface area (Å²) in [6.45, 7) is 5.78. The summed E-state index contributed by atoms with van der Waals surface area (Å²) in [7, 11) is 0. The van der Waals surface area contributed by atoms with Crippen LogP contribution in [0, 0.1) is 5.41 Å². The van der Waals surface area contributed by atoms with Gasteiger partial charge in [0, 0.05) is 5.41 Å². The summed E-state index contributed by atoms with van der Waals surface area (Å²) in [4.78, 5) is 12.0. The van der Waals surface area contributed by atoms with Crippen LogP contribution in [-0.4, -0.2) is 23.7 Å². The number of aliphatic hydroxyl groups excluding tert-OH is 1. The molecule has 1 amide bonds. The molecule has 1 atom stereocenters. The third-order valence-corrected chi connectivity index (χ3v) is 3.38. The van der Waals surface area contributed by atoms with Gasteiger partial charge in [-0.2, -0.15) is 0 Å². The third kappa shape index (κ3) is 4.15. The molecule has 0 unspecified atom stereocenters. The second-order valence-electron chi connectivity index (χ2n) is 5.28. The van der Waals surface area contributed by atoms with Gasteiger partial charge in [0.1, 0.15) is 0 Å². The molecule has 0 aliphatic carbocycles. The quantitative estimate of drug-likeness (QED) is 0.811. The Morgan fingerprint density at radius 3 is 2.44 bits per heavy atom. The number of carbonyl (C=O) groups is 1. The van der Waals surface area contributed by atoms with Gasteiger partial charge in [-0.25, -0.2) is 0 Å². The highest BCUT2D eigenvalue weighted by molar-refractivity contribution is 5.82. The Kier molecular flexibility index (Phi) is 5.35. The average molecular weight is 249 g/mol. The van der Waals surface area contributed by atoms with Gasteiger partial charge in [0.15, 0.2) is 0 Å². The fraction of sp³-hybridized carbons (Fsp3) is 0.533. The molecular formula is C15H23NO2. The molecular weight excluding hydrogens is 226 g/mol. The minimum absolute atomic E-state index is 0.0000175. The Labute approximate surface area is 109 Å². The zero-order valence-corrected chi connectivity index (χ0v) is 11.4. The first-order valence-electron chi connectivity index (χ1n) is 6.45. The van der Waals surface area contributed by atoms with E-state index in [-0.39, 0.29) is 24.0 Å². The standard InChI is InChI=1S/C15H23NO2/c1-4-15(2,3)14(18)16-13(11-17)10-12-8-6-5-7-9-12/h5-9,13,17H,4,10-11H2,1-3H3,(H,16,18)/t13-/m0/s1. The first-order chi connectivity index (χ1) is 8.49. The second kappa shape index (κ2) is 6.55. The van der Waals surface area contributed by atoms with Crippen LogP contribution in [0.15, 0.2) is 30.3 Å². The van der Waals surface area contributed by atoms with Gasteiger partial charge in [0.25, 0.3) is 0 Å². The van der Waals surface area contributed by atoms with E-state index in [2.05, 4.69) is 5.32 Å². The molecule has 0 radical (unpaired) electrons. The number of amides is 1. The van der Waals surface area contributed by atoms with E-state index in [1.54, 1.807) is 0 Å². The maximum atomic E-state index is 12.0. The van der Waals surface area contributed by atoms with Crippen molar-refractivity contribution in [2.45, 2.75) is 39.7 Å². The van der Waals surface area contributed by atoms with Gasteiger partial charge in [0.05, 0.1) is 12.6 Å². The fourth-order valence-electron chi connectivity index (χ4n) is 1.60. The molecule has 0 heterocycles. The van der Waals surface area contributed by atoms with E-state index in [4.69, 9.17) is 0 Å². The van der Waals surface area contributed by atoms with Crippen molar-refractivity contribution >= 4 is 5.91 Å². The summed E-state index contributed by atoms with van der Waals surface area (Å²) >= 11 is 0. The number of benzene rings is 1. The lowest BCUT2D eigenvalue weighted by Crippen LogP contribution is -2.45. The van der Waals surface area contributed by atoms with Crippen molar-refractivity contribution in [1.82, 2.24) is 5.32 Å². The number of rotatable bonds is 6. The molecule has 0 aliphatic heterocycles. The molecule has 0 bridgehead atoms. The average Bonchev–Trinajstić information content (AvgIpc) is 2.38. The molecule has 0 saturated carbocycles. The summed E-state index contributed by atoms with van der Waals surface area (Å²) in [6.07, 6.45) is 1.44. The lowest BCUT2D eigenvalue weighted by Gasteiger charge is -2.25. The van der Waals surface area contributed by atoms with Crippen LogP contribution in [0.5, 0.6) is 0 Å². The highest BCUT2D eigenvalue weighted by Crippen LogP contribution is 2.19. The largest absolute Gasteiger partial charge is 0.394 e. The molecule has 0 saturated heterocycles. The second-order valence-corrected chi connectivity index (χ2v) is 5.28. The summed E-state index contributed by atoms with van der Waals surface area (Å²) in [6, 6.07) is 9.66. The number of aliphatic hydroxyl groups is 1. The van der Waals surface area contributed by atoms with Crippen molar-refractivity contribution in [2.24, 2.45) is 5.41 Å². The Bertz CT molecular complexity index is 373. The highest BCUT2D eigenvalue weighted by atomic mass is 16.3. The summed E-state index contributed by atoms with van der Waals surface area (Å²) < 4.78 is 0. The van der Waals surface area contributed by atoms with Crippen molar-refractivity contribution in [3.8, 4) is 0 Å².